The molecule has 2 heterocycles. The van der Waals surface area contributed by atoms with E-state index in [-0.39, 0.29) is 0 Å². The highest BCUT2D eigenvalue weighted by atomic mass is 16.5. The van der Waals surface area contributed by atoms with Gasteiger partial charge in [0.15, 0.2) is 0 Å². The molecule has 2 aliphatic rings. The maximum Gasteiger partial charge on any atom is 0.136 e. The van der Waals surface area contributed by atoms with Gasteiger partial charge in [-0.05, 0) is 50.4 Å². The van der Waals surface area contributed by atoms with Gasteiger partial charge in [-0.25, -0.2) is 0 Å². The van der Waals surface area contributed by atoms with Crippen LogP contribution in [0.1, 0.15) is 36.8 Å². The van der Waals surface area contributed by atoms with Gasteiger partial charge in [0.2, 0.25) is 0 Å². The summed E-state index contributed by atoms with van der Waals surface area (Å²) in [5.41, 5.74) is 0.528. The molecule has 2 saturated heterocycles. The lowest BCUT2D eigenvalue weighted by Gasteiger charge is -2.42. The van der Waals surface area contributed by atoms with Crippen molar-refractivity contribution in [2.45, 2.75) is 43.4 Å². The molecule has 0 amide bonds. The van der Waals surface area contributed by atoms with Gasteiger partial charge in [0.25, 0.3) is 0 Å². The Bertz CT molecular complexity index is 550. The monoisotopic (exact) mass is 272 g/mol. The smallest absolute Gasteiger partial charge is 0.136 e. The second kappa shape index (κ2) is 4.76. The Hall–Kier alpha value is -1.57. The molecule has 2 unspecified atom stereocenters. The molecule has 0 radical (unpaired) electrons. The molecule has 0 saturated carbocycles. The van der Waals surface area contributed by atoms with Gasteiger partial charge in [0, 0.05) is 12.1 Å². The van der Waals surface area contributed by atoms with E-state index in [9.17, 15) is 10.4 Å². The van der Waals surface area contributed by atoms with Crippen LogP contribution < -0.4 is 4.74 Å². The molecular formula is C16H20N2O2. The van der Waals surface area contributed by atoms with E-state index in [1.165, 1.54) is 0 Å². The van der Waals surface area contributed by atoms with Gasteiger partial charge in [-0.15, -0.1) is 0 Å². The lowest BCUT2D eigenvalue weighted by molar-refractivity contribution is -0.0493. The summed E-state index contributed by atoms with van der Waals surface area (Å²) in [5.74, 6) is 0.566. The molecule has 4 nitrogen and oxygen atoms in total. The number of nitriles is 1. The first-order chi connectivity index (χ1) is 9.57. The molecule has 2 atom stereocenters. The predicted octanol–water partition coefficient (Wildman–Crippen LogP) is 2.01. The summed E-state index contributed by atoms with van der Waals surface area (Å²) in [6.45, 7) is 0. The minimum Gasteiger partial charge on any atom is -0.495 e. The third-order valence-electron chi connectivity index (χ3n) is 4.99. The quantitative estimate of drug-likeness (QED) is 0.894. The Morgan fingerprint density at radius 3 is 2.55 bits per heavy atom. The van der Waals surface area contributed by atoms with Crippen LogP contribution in [0.4, 0.5) is 0 Å². The van der Waals surface area contributed by atoms with Crippen LogP contribution in [-0.4, -0.2) is 36.2 Å². The summed E-state index contributed by atoms with van der Waals surface area (Å²) in [7, 11) is 3.71. The van der Waals surface area contributed by atoms with Gasteiger partial charge in [0.1, 0.15) is 11.8 Å². The topological polar surface area (TPSA) is 56.5 Å². The number of piperidine rings is 1. The van der Waals surface area contributed by atoms with E-state index in [2.05, 4.69) is 18.0 Å². The zero-order valence-electron chi connectivity index (χ0n) is 12.0. The summed E-state index contributed by atoms with van der Waals surface area (Å²) in [6, 6.07) is 8.50. The number of aliphatic hydroxyl groups is 1. The summed E-state index contributed by atoms with van der Waals surface area (Å²) < 4.78 is 5.17. The first-order valence-electron chi connectivity index (χ1n) is 7.10. The van der Waals surface area contributed by atoms with Crippen molar-refractivity contribution in [2.75, 3.05) is 14.2 Å². The molecule has 0 aliphatic carbocycles. The van der Waals surface area contributed by atoms with E-state index in [0.717, 1.165) is 31.2 Å². The van der Waals surface area contributed by atoms with Crippen molar-refractivity contribution in [1.82, 2.24) is 4.90 Å². The number of nitrogens with zero attached hydrogens (tertiary/aromatic N) is 2. The number of fused-ring (bicyclic) bond motifs is 2. The van der Waals surface area contributed by atoms with Crippen molar-refractivity contribution in [3.05, 3.63) is 29.3 Å². The van der Waals surface area contributed by atoms with Crippen LogP contribution in [0.2, 0.25) is 0 Å². The molecule has 2 aliphatic heterocycles. The van der Waals surface area contributed by atoms with Crippen LogP contribution in [0.25, 0.3) is 0 Å². The van der Waals surface area contributed by atoms with E-state index in [1.54, 1.807) is 19.2 Å². The first-order valence-corrected chi connectivity index (χ1v) is 7.10. The van der Waals surface area contributed by atoms with E-state index < -0.39 is 5.60 Å². The molecule has 2 fully saturated rings. The third-order valence-corrected chi connectivity index (χ3v) is 4.99. The number of hydrogen-bond donors (Lipinski definition) is 1. The standard InChI is InChI=1S/C16H20N2O2/c1-18-13-4-5-14(18)9-16(19,8-13)12-3-6-15(20-2)11(7-12)10-17/h3,6-7,13-14,19H,4-5,8-9H2,1-2H3. The zero-order valence-corrected chi connectivity index (χ0v) is 12.0. The van der Waals surface area contributed by atoms with E-state index in [0.29, 0.717) is 23.4 Å². The highest BCUT2D eigenvalue weighted by molar-refractivity contribution is 5.47. The first kappa shape index (κ1) is 13.4. The van der Waals surface area contributed by atoms with Crippen LogP contribution in [0.5, 0.6) is 5.75 Å². The molecule has 1 aromatic rings. The van der Waals surface area contributed by atoms with E-state index in [1.807, 2.05) is 6.07 Å². The van der Waals surface area contributed by atoms with Gasteiger partial charge < -0.3 is 14.7 Å². The average Bonchev–Trinajstić information content (AvgIpc) is 2.69. The van der Waals surface area contributed by atoms with Crippen LogP contribution in [0, 0.1) is 11.3 Å². The molecule has 3 rings (SSSR count). The number of rotatable bonds is 2. The zero-order chi connectivity index (χ0) is 14.3. The highest BCUT2D eigenvalue weighted by Gasteiger charge is 2.46. The van der Waals surface area contributed by atoms with Crippen molar-refractivity contribution >= 4 is 0 Å². The summed E-state index contributed by atoms with van der Waals surface area (Å²) >= 11 is 0. The fourth-order valence-electron chi connectivity index (χ4n) is 3.77. The second-order valence-corrected chi connectivity index (χ2v) is 6.02. The van der Waals surface area contributed by atoms with Crippen LogP contribution in [-0.2, 0) is 5.60 Å². The van der Waals surface area contributed by atoms with E-state index in [4.69, 9.17) is 4.74 Å². The van der Waals surface area contributed by atoms with Gasteiger partial charge in [0.05, 0.1) is 18.3 Å². The third kappa shape index (κ3) is 1.98. The molecule has 0 spiro atoms. The minimum atomic E-state index is -0.809. The molecule has 106 valence electrons. The predicted molar refractivity (Wildman–Crippen MR) is 75.4 cm³/mol. The lowest BCUT2D eigenvalue weighted by atomic mass is 9.80. The molecule has 0 aromatic heterocycles. The Balaban J connectivity index is 1.95. The number of methoxy groups -OCH3 is 1. The molecule has 1 N–H and O–H groups in total. The van der Waals surface area contributed by atoms with Crippen molar-refractivity contribution in [1.29, 1.82) is 5.26 Å². The van der Waals surface area contributed by atoms with Gasteiger partial charge in [-0.1, -0.05) is 6.07 Å². The Morgan fingerprint density at radius 2 is 2.00 bits per heavy atom. The summed E-state index contributed by atoms with van der Waals surface area (Å²) in [4.78, 5) is 2.39. The average molecular weight is 272 g/mol. The number of ether oxygens (including phenoxy) is 1. The normalized spacial score (nSPS) is 32.9. The molecule has 2 bridgehead atoms. The van der Waals surface area contributed by atoms with Crippen LogP contribution in [0.15, 0.2) is 18.2 Å². The van der Waals surface area contributed by atoms with Crippen molar-refractivity contribution in [3.8, 4) is 11.8 Å². The van der Waals surface area contributed by atoms with Crippen LogP contribution >= 0.6 is 0 Å². The SMILES string of the molecule is COc1ccc(C2(O)CC3CCC(C2)N3C)cc1C#N. The Morgan fingerprint density at radius 1 is 1.35 bits per heavy atom. The van der Waals surface area contributed by atoms with E-state index >= 15 is 0 Å². The van der Waals surface area contributed by atoms with Gasteiger partial charge in [-0.2, -0.15) is 5.26 Å². The maximum atomic E-state index is 11.0. The maximum absolute atomic E-state index is 11.0. The van der Waals surface area contributed by atoms with Gasteiger partial charge in [-0.3, -0.25) is 0 Å². The number of benzene rings is 1. The van der Waals surface area contributed by atoms with Crippen molar-refractivity contribution < 1.29 is 9.84 Å². The van der Waals surface area contributed by atoms with Crippen molar-refractivity contribution in [2.24, 2.45) is 0 Å². The second-order valence-electron chi connectivity index (χ2n) is 6.02. The van der Waals surface area contributed by atoms with Gasteiger partial charge >= 0.3 is 0 Å². The van der Waals surface area contributed by atoms with Crippen LogP contribution in [0.3, 0.4) is 0 Å². The Labute approximate surface area is 119 Å². The van der Waals surface area contributed by atoms with Crippen molar-refractivity contribution in [3.63, 3.8) is 0 Å². The fourth-order valence-corrected chi connectivity index (χ4v) is 3.77. The summed E-state index contributed by atoms with van der Waals surface area (Å²) in [5, 5.41) is 20.2. The number of hydrogen-bond acceptors (Lipinski definition) is 4. The fraction of sp³-hybridized carbons (Fsp3) is 0.562. The Kier molecular flexibility index (Phi) is 3.19. The lowest BCUT2D eigenvalue weighted by Crippen LogP contribution is -2.47. The highest BCUT2D eigenvalue weighted by Crippen LogP contribution is 2.45. The molecule has 20 heavy (non-hydrogen) atoms. The molecule has 1 aromatic carbocycles. The molecule has 4 heteroatoms. The largest absolute Gasteiger partial charge is 0.495 e. The molecular weight excluding hydrogens is 252 g/mol. The summed E-state index contributed by atoms with van der Waals surface area (Å²) in [6.07, 6.45) is 3.81. The minimum absolute atomic E-state index is 0.450.